The van der Waals surface area contributed by atoms with E-state index < -0.39 is 73.7 Å². The molecule has 46 heavy (non-hydrogen) atoms. The van der Waals surface area contributed by atoms with Crippen LogP contribution >= 0.6 is 23.1 Å². The Morgan fingerprint density at radius 2 is 1.65 bits per heavy atom. The number of rotatable bonds is 7. The molecular weight excluding hydrogens is 670 g/mol. The molecule has 2 aliphatic heterocycles. The number of carbonyl (C=O) groups is 3. The first-order chi connectivity index (χ1) is 21.7. The second-order valence-corrected chi connectivity index (χ2v) is 14.0. The zero-order chi connectivity index (χ0) is 33.0. The second-order valence-electron chi connectivity index (χ2n) is 10.3. The molecule has 17 heteroatoms. The zero-order valence-electron chi connectivity index (χ0n) is 23.1. The smallest absolute Gasteiger partial charge is 0.418 e. The Morgan fingerprint density at radius 3 is 2.30 bits per heavy atom. The molecule has 3 atom stereocenters. The first kappa shape index (κ1) is 31.5. The largest absolute Gasteiger partial charge is 0.484 e. The molecule has 1 saturated heterocycles. The summed E-state index contributed by atoms with van der Waals surface area (Å²) in [6, 6.07) is 15.8. The number of nitrogens with two attached hydrogens (primary N) is 1. The maximum atomic E-state index is 13.8. The third-order valence-electron chi connectivity index (χ3n) is 7.35. The van der Waals surface area contributed by atoms with Crippen molar-refractivity contribution in [1.29, 1.82) is 0 Å². The first-order valence-electron chi connectivity index (χ1n) is 13.3. The monoisotopic (exact) mass is 690 g/mol. The number of fused-ring (bicyclic) bond motifs is 2. The summed E-state index contributed by atoms with van der Waals surface area (Å²) in [5, 5.41) is 6.90. The molecule has 0 spiro atoms. The van der Waals surface area contributed by atoms with E-state index >= 15 is 0 Å². The molecule has 0 radical (unpaired) electrons. The Hall–Kier alpha value is -4.45. The third kappa shape index (κ3) is 5.93. The van der Waals surface area contributed by atoms with E-state index in [-0.39, 0.29) is 10.6 Å². The topological polar surface area (TPSA) is 169 Å². The molecule has 1 fully saturated rings. The van der Waals surface area contributed by atoms with Gasteiger partial charge in [0.1, 0.15) is 11.0 Å². The van der Waals surface area contributed by atoms with Gasteiger partial charge in [-0.1, -0.05) is 47.4 Å². The number of hydrogen-bond donors (Lipinski definition) is 3. The summed E-state index contributed by atoms with van der Waals surface area (Å²) < 4.78 is 69.9. The number of halogens is 3. The van der Waals surface area contributed by atoms with Crippen LogP contribution in [-0.2, 0) is 30.6 Å². The van der Waals surface area contributed by atoms with Crippen LogP contribution in [0.2, 0.25) is 0 Å². The first-order valence-corrected chi connectivity index (χ1v) is 16.6. The Balaban J connectivity index is 1.23. The predicted octanol–water partition coefficient (Wildman–Crippen LogP) is 3.92. The number of ether oxygens (including phenoxy) is 1. The standard InChI is InChI=1S/C29H21F3N4O7S3/c30-29(31,32)18-3-1-2-4-19(18)36-26(38)22-21(23-25(35-28(40)45-23)44-24(22)27(36)39)14-5-9-16(10-6-14)43-13-20(37)34-15-7-11-17(12-8-15)46(33,41)42/h1-12,21-22,24H,13H2,(H,34,37)(H,35,40)(H2,33,41,42)/t21-,22?,24?/m1/s1. The fourth-order valence-electron chi connectivity index (χ4n) is 5.37. The molecule has 3 aromatic carbocycles. The molecule has 2 aliphatic rings. The number of anilines is 2. The van der Waals surface area contributed by atoms with Gasteiger partial charge in [0.15, 0.2) is 6.61 Å². The number of alkyl halides is 3. The van der Waals surface area contributed by atoms with Crippen LogP contribution in [0.4, 0.5) is 24.5 Å². The Labute approximate surface area is 266 Å². The highest BCUT2D eigenvalue weighted by molar-refractivity contribution is 8.00. The summed E-state index contributed by atoms with van der Waals surface area (Å²) in [5.74, 6) is -3.84. The number of thiazole rings is 1. The van der Waals surface area contributed by atoms with Crippen LogP contribution in [0, 0.1) is 5.92 Å². The van der Waals surface area contributed by atoms with Crippen molar-refractivity contribution >= 4 is 62.2 Å². The van der Waals surface area contributed by atoms with Crippen molar-refractivity contribution in [3.05, 3.63) is 98.5 Å². The van der Waals surface area contributed by atoms with Gasteiger partial charge in [-0.15, -0.1) is 0 Å². The number of imide groups is 1. The van der Waals surface area contributed by atoms with Gasteiger partial charge in [-0.3, -0.25) is 19.2 Å². The van der Waals surface area contributed by atoms with Gasteiger partial charge >= 0.3 is 11.0 Å². The number of hydrogen-bond acceptors (Lipinski definition) is 9. The van der Waals surface area contributed by atoms with Crippen LogP contribution in [0.1, 0.15) is 21.9 Å². The zero-order valence-corrected chi connectivity index (χ0v) is 25.6. The van der Waals surface area contributed by atoms with Gasteiger partial charge in [0.2, 0.25) is 21.8 Å². The van der Waals surface area contributed by atoms with Crippen LogP contribution in [0.15, 0.2) is 87.5 Å². The quantitative estimate of drug-likeness (QED) is 0.245. The van der Waals surface area contributed by atoms with E-state index in [1.54, 1.807) is 12.1 Å². The third-order valence-corrected chi connectivity index (χ3v) is 10.7. The number of nitrogens with one attached hydrogen (secondary N) is 2. The molecule has 1 aromatic heterocycles. The average molecular weight is 691 g/mol. The Bertz CT molecular complexity index is 2030. The summed E-state index contributed by atoms with van der Waals surface area (Å²) in [6.07, 6.45) is -4.81. The van der Waals surface area contributed by atoms with Gasteiger partial charge in [-0.05, 0) is 54.1 Å². The van der Waals surface area contributed by atoms with Crippen LogP contribution in [0.5, 0.6) is 5.75 Å². The number of H-pyrrole nitrogens is 1. The average Bonchev–Trinajstić information content (AvgIpc) is 3.49. The molecule has 0 aliphatic carbocycles. The summed E-state index contributed by atoms with van der Waals surface area (Å²) in [5.41, 5.74) is -0.861. The van der Waals surface area contributed by atoms with Gasteiger partial charge in [-0.25, -0.2) is 18.5 Å². The van der Waals surface area contributed by atoms with Crippen molar-refractivity contribution in [3.8, 4) is 5.75 Å². The lowest BCUT2D eigenvalue weighted by Gasteiger charge is -2.29. The predicted molar refractivity (Wildman–Crippen MR) is 162 cm³/mol. The second kappa shape index (κ2) is 11.7. The maximum absolute atomic E-state index is 13.8. The minimum Gasteiger partial charge on any atom is -0.484 e. The molecule has 2 unspecified atom stereocenters. The van der Waals surface area contributed by atoms with Crippen LogP contribution in [-0.4, -0.2) is 43.0 Å². The van der Waals surface area contributed by atoms with E-state index in [2.05, 4.69) is 10.3 Å². The number of nitrogens with zero attached hydrogens (tertiary/aromatic N) is 1. The number of sulfonamides is 1. The lowest BCUT2D eigenvalue weighted by atomic mass is 9.83. The lowest BCUT2D eigenvalue weighted by molar-refractivity contribution is -0.137. The van der Waals surface area contributed by atoms with E-state index in [1.807, 2.05) is 0 Å². The van der Waals surface area contributed by atoms with Crippen LogP contribution in [0.3, 0.4) is 0 Å². The number of benzene rings is 3. The summed E-state index contributed by atoms with van der Waals surface area (Å²) >= 11 is 1.80. The van der Waals surface area contributed by atoms with Crippen molar-refractivity contribution in [2.45, 2.75) is 27.3 Å². The van der Waals surface area contributed by atoms with E-state index in [0.29, 0.717) is 26.1 Å². The minimum atomic E-state index is -4.81. The van der Waals surface area contributed by atoms with Gasteiger partial charge in [0, 0.05) is 16.5 Å². The molecule has 0 saturated carbocycles. The molecule has 238 valence electrons. The Kier molecular flexibility index (Phi) is 8.04. The highest BCUT2D eigenvalue weighted by Gasteiger charge is 2.57. The van der Waals surface area contributed by atoms with Gasteiger partial charge in [0.25, 0.3) is 5.91 Å². The number of primary sulfonamides is 1. The summed E-state index contributed by atoms with van der Waals surface area (Å²) in [7, 11) is -3.89. The number of amides is 3. The molecule has 4 aromatic rings. The number of aromatic amines is 1. The highest BCUT2D eigenvalue weighted by Crippen LogP contribution is 2.54. The van der Waals surface area contributed by atoms with Gasteiger partial charge < -0.3 is 15.0 Å². The van der Waals surface area contributed by atoms with Crippen molar-refractivity contribution < 1.29 is 40.7 Å². The van der Waals surface area contributed by atoms with Crippen LogP contribution in [0.25, 0.3) is 0 Å². The molecule has 3 heterocycles. The molecule has 6 rings (SSSR count). The Morgan fingerprint density at radius 1 is 0.978 bits per heavy atom. The molecule has 4 N–H and O–H groups in total. The van der Waals surface area contributed by atoms with E-state index in [4.69, 9.17) is 9.88 Å². The number of thioether (sulfide) groups is 1. The van der Waals surface area contributed by atoms with Gasteiger partial charge in [-0.2, -0.15) is 13.2 Å². The molecular formula is C29H21F3N4O7S3. The summed E-state index contributed by atoms with van der Waals surface area (Å²) in [6.45, 7) is -0.412. The number of carbonyl (C=O) groups excluding carboxylic acids is 3. The molecule has 3 amide bonds. The minimum absolute atomic E-state index is 0.119. The molecule has 0 bridgehead atoms. The fraction of sp³-hybridized carbons (Fsp3) is 0.172. The summed E-state index contributed by atoms with van der Waals surface area (Å²) in [4.78, 5) is 55.3. The number of aromatic nitrogens is 1. The van der Waals surface area contributed by atoms with Gasteiger partial charge in [0.05, 0.1) is 27.1 Å². The fourth-order valence-corrected chi connectivity index (χ4v) is 8.40. The highest BCUT2D eigenvalue weighted by atomic mass is 32.2. The van der Waals surface area contributed by atoms with E-state index in [9.17, 15) is 40.8 Å². The normalized spacial score (nSPS) is 19.5. The molecule has 11 nitrogen and oxygen atoms in total. The lowest BCUT2D eigenvalue weighted by Crippen LogP contribution is -2.33. The van der Waals surface area contributed by atoms with E-state index in [0.717, 1.165) is 35.2 Å². The van der Waals surface area contributed by atoms with Crippen molar-refractivity contribution in [3.63, 3.8) is 0 Å². The number of para-hydroxylation sites is 1. The van der Waals surface area contributed by atoms with Crippen molar-refractivity contribution in [2.24, 2.45) is 11.1 Å². The maximum Gasteiger partial charge on any atom is 0.418 e. The SMILES string of the molecule is NS(=O)(=O)c1ccc(NC(=O)COc2ccc([C@H]3c4sc(=O)[nH]c4SC4C(=O)N(c5ccccc5C(F)(F)F)C(=O)C43)cc2)cc1. The van der Waals surface area contributed by atoms with Crippen LogP contribution < -0.4 is 25.0 Å². The van der Waals surface area contributed by atoms with Crippen molar-refractivity contribution in [2.75, 3.05) is 16.8 Å². The van der Waals surface area contributed by atoms with Crippen molar-refractivity contribution in [1.82, 2.24) is 4.98 Å². The van der Waals surface area contributed by atoms with E-state index in [1.165, 1.54) is 48.5 Å².